The Balaban J connectivity index is 1.43. The third-order valence-electron chi connectivity index (χ3n) is 6.23. The second kappa shape index (κ2) is 9.22. The molecule has 6 heteroatoms. The van der Waals surface area contributed by atoms with Crippen LogP contribution in [-0.4, -0.2) is 47.7 Å². The van der Waals surface area contributed by atoms with Gasteiger partial charge in [0, 0.05) is 40.1 Å². The second-order valence-electron chi connectivity index (χ2n) is 8.28. The van der Waals surface area contributed by atoms with Gasteiger partial charge in [-0.3, -0.25) is 9.80 Å². The van der Waals surface area contributed by atoms with Crippen LogP contribution in [0.25, 0.3) is 10.9 Å². The summed E-state index contributed by atoms with van der Waals surface area (Å²) < 4.78 is 0. The fourth-order valence-electron chi connectivity index (χ4n) is 4.48. The molecule has 2 N–H and O–H groups in total. The molecule has 1 aliphatic rings. The fraction of sp³-hybridized carbons (Fsp3) is 0.185. The molecule has 0 saturated heterocycles. The molecule has 0 bridgehead atoms. The minimum Gasteiger partial charge on any atom is -0.360 e. The fourth-order valence-corrected chi connectivity index (χ4v) is 4.61. The van der Waals surface area contributed by atoms with Crippen LogP contribution in [0.4, 0.5) is 0 Å². The Morgan fingerprint density at radius 1 is 1.09 bits per heavy atom. The summed E-state index contributed by atoms with van der Waals surface area (Å²) in [6.07, 6.45) is 1.80. The number of hydrazone groups is 1. The van der Waals surface area contributed by atoms with E-state index in [1.807, 2.05) is 66.7 Å². The minimum atomic E-state index is -0.381. The highest BCUT2D eigenvalue weighted by molar-refractivity contribution is 6.30. The van der Waals surface area contributed by atoms with Crippen LogP contribution in [0.5, 0.6) is 0 Å². The van der Waals surface area contributed by atoms with Crippen molar-refractivity contribution in [2.75, 3.05) is 20.1 Å². The number of aromatic amines is 1. The number of fused-ring (bicyclic) bond motifs is 1. The molecule has 0 saturated carbocycles. The Hall–Kier alpha value is -3.41. The van der Waals surface area contributed by atoms with Gasteiger partial charge in [0.05, 0.1) is 18.3 Å². The SMILES string of the molecule is CNC(CN1CC(c2ccccc2)C(c2ccc(Cl)cc2)=N1)C(=O)c1c[nH]c2ccccc12. The number of Topliss-reactive ketones (excluding diaryl/α,β-unsaturated/α-hetero) is 1. The molecule has 0 fully saturated rings. The van der Waals surface area contributed by atoms with E-state index in [0.717, 1.165) is 22.2 Å². The quantitative estimate of drug-likeness (QED) is 0.380. The van der Waals surface area contributed by atoms with Crippen LogP contribution in [-0.2, 0) is 0 Å². The first kappa shape index (κ1) is 21.4. The van der Waals surface area contributed by atoms with Crippen molar-refractivity contribution in [3.05, 3.63) is 107 Å². The predicted molar refractivity (Wildman–Crippen MR) is 134 cm³/mol. The van der Waals surface area contributed by atoms with Gasteiger partial charge in [0.15, 0.2) is 5.78 Å². The highest BCUT2D eigenvalue weighted by Crippen LogP contribution is 2.30. The summed E-state index contributed by atoms with van der Waals surface area (Å²) in [4.78, 5) is 16.6. The van der Waals surface area contributed by atoms with E-state index in [4.69, 9.17) is 16.7 Å². The van der Waals surface area contributed by atoms with E-state index in [-0.39, 0.29) is 17.7 Å². The molecule has 1 aromatic heterocycles. The summed E-state index contributed by atoms with van der Waals surface area (Å²) in [5.74, 6) is 0.175. The molecule has 2 unspecified atom stereocenters. The van der Waals surface area contributed by atoms with Crippen LogP contribution < -0.4 is 5.32 Å². The van der Waals surface area contributed by atoms with Gasteiger partial charge in [0.25, 0.3) is 0 Å². The van der Waals surface area contributed by atoms with Gasteiger partial charge in [-0.15, -0.1) is 0 Å². The molecule has 3 aromatic carbocycles. The number of para-hydroxylation sites is 1. The van der Waals surface area contributed by atoms with Crippen molar-refractivity contribution in [3.63, 3.8) is 0 Å². The van der Waals surface area contributed by atoms with Gasteiger partial charge in [-0.2, -0.15) is 5.10 Å². The normalized spacial score (nSPS) is 16.7. The first-order valence-electron chi connectivity index (χ1n) is 11.1. The number of likely N-dealkylation sites (N-methyl/N-ethyl adjacent to an activating group) is 1. The van der Waals surface area contributed by atoms with Crippen LogP contribution >= 0.6 is 11.6 Å². The average molecular weight is 457 g/mol. The number of benzene rings is 3. The van der Waals surface area contributed by atoms with Gasteiger partial charge in [-0.05, 0) is 36.4 Å². The van der Waals surface area contributed by atoms with E-state index in [9.17, 15) is 4.79 Å². The smallest absolute Gasteiger partial charge is 0.183 e. The lowest BCUT2D eigenvalue weighted by Crippen LogP contribution is -2.43. The van der Waals surface area contributed by atoms with Crippen molar-refractivity contribution in [1.82, 2.24) is 15.3 Å². The Kier molecular flexibility index (Phi) is 5.99. The lowest BCUT2D eigenvalue weighted by Gasteiger charge is -2.22. The highest BCUT2D eigenvalue weighted by Gasteiger charge is 2.32. The van der Waals surface area contributed by atoms with Crippen molar-refractivity contribution < 1.29 is 4.79 Å². The molecule has 2 heterocycles. The van der Waals surface area contributed by atoms with E-state index < -0.39 is 0 Å². The number of halogens is 1. The molecule has 33 heavy (non-hydrogen) atoms. The maximum atomic E-state index is 13.4. The van der Waals surface area contributed by atoms with E-state index in [1.165, 1.54) is 5.56 Å². The summed E-state index contributed by atoms with van der Waals surface area (Å²) in [6, 6.07) is 25.7. The summed E-state index contributed by atoms with van der Waals surface area (Å²) in [5, 5.41) is 11.8. The number of ketones is 1. The van der Waals surface area contributed by atoms with Crippen molar-refractivity contribution in [3.8, 4) is 0 Å². The van der Waals surface area contributed by atoms with E-state index in [2.05, 4.69) is 34.6 Å². The summed E-state index contributed by atoms with van der Waals surface area (Å²) in [7, 11) is 1.83. The number of nitrogens with zero attached hydrogens (tertiary/aromatic N) is 2. The Bertz CT molecular complexity index is 1300. The number of rotatable bonds is 7. The number of aromatic nitrogens is 1. The summed E-state index contributed by atoms with van der Waals surface area (Å²) in [6.45, 7) is 1.19. The number of hydrogen-bond acceptors (Lipinski definition) is 4. The Morgan fingerprint density at radius 3 is 2.58 bits per heavy atom. The van der Waals surface area contributed by atoms with Gasteiger partial charge in [0.1, 0.15) is 0 Å². The molecular weight excluding hydrogens is 432 g/mol. The first-order valence-corrected chi connectivity index (χ1v) is 11.4. The van der Waals surface area contributed by atoms with Gasteiger partial charge in [-0.25, -0.2) is 0 Å². The average Bonchev–Trinajstić information content (AvgIpc) is 3.48. The number of carbonyl (C=O) groups is 1. The number of H-pyrrole nitrogens is 1. The summed E-state index contributed by atoms with van der Waals surface area (Å²) >= 11 is 6.11. The van der Waals surface area contributed by atoms with E-state index >= 15 is 0 Å². The zero-order chi connectivity index (χ0) is 22.8. The molecule has 4 aromatic rings. The zero-order valence-electron chi connectivity index (χ0n) is 18.3. The number of nitrogens with one attached hydrogen (secondary N) is 2. The molecule has 0 aliphatic carbocycles. The van der Waals surface area contributed by atoms with Gasteiger partial charge < -0.3 is 10.3 Å². The molecule has 5 nitrogen and oxygen atoms in total. The highest BCUT2D eigenvalue weighted by atomic mass is 35.5. The van der Waals surface area contributed by atoms with E-state index in [0.29, 0.717) is 23.7 Å². The van der Waals surface area contributed by atoms with Gasteiger partial charge in [-0.1, -0.05) is 72.3 Å². The molecule has 0 spiro atoms. The van der Waals surface area contributed by atoms with Crippen molar-refractivity contribution in [2.24, 2.45) is 5.10 Å². The minimum absolute atomic E-state index is 0.0568. The maximum Gasteiger partial charge on any atom is 0.183 e. The molecule has 0 radical (unpaired) electrons. The number of carbonyl (C=O) groups excluding carboxylic acids is 1. The van der Waals surface area contributed by atoms with E-state index in [1.54, 1.807) is 6.20 Å². The molecule has 166 valence electrons. The van der Waals surface area contributed by atoms with Crippen LogP contribution in [0.2, 0.25) is 5.02 Å². The van der Waals surface area contributed by atoms with Crippen LogP contribution in [0, 0.1) is 0 Å². The van der Waals surface area contributed by atoms with Crippen LogP contribution in [0.15, 0.2) is 90.2 Å². The molecular formula is C27H25ClN4O. The molecule has 2 atom stereocenters. The lowest BCUT2D eigenvalue weighted by atomic mass is 9.90. The van der Waals surface area contributed by atoms with Crippen LogP contribution in [0.3, 0.4) is 0 Å². The standard InChI is InChI=1S/C27H25ClN4O/c1-29-25(27(33)22-15-30-24-10-6-5-9-21(22)24)17-32-16-23(18-7-3-2-4-8-18)26(31-32)19-11-13-20(28)14-12-19/h2-15,23,25,29-30H,16-17H2,1H3. The first-order chi connectivity index (χ1) is 16.1. The maximum absolute atomic E-state index is 13.4. The molecule has 0 amide bonds. The summed E-state index contributed by atoms with van der Waals surface area (Å²) in [5.41, 5.74) is 4.90. The third kappa shape index (κ3) is 4.30. The molecule has 1 aliphatic heterocycles. The third-order valence-corrected chi connectivity index (χ3v) is 6.48. The van der Waals surface area contributed by atoms with Gasteiger partial charge >= 0.3 is 0 Å². The second-order valence-corrected chi connectivity index (χ2v) is 8.72. The Morgan fingerprint density at radius 2 is 1.82 bits per heavy atom. The number of hydrogen-bond donors (Lipinski definition) is 2. The zero-order valence-corrected chi connectivity index (χ0v) is 19.1. The topological polar surface area (TPSA) is 60.5 Å². The largest absolute Gasteiger partial charge is 0.360 e. The van der Waals surface area contributed by atoms with Crippen molar-refractivity contribution in [2.45, 2.75) is 12.0 Å². The van der Waals surface area contributed by atoms with Gasteiger partial charge in [0.2, 0.25) is 0 Å². The van der Waals surface area contributed by atoms with Crippen molar-refractivity contribution >= 4 is 34.0 Å². The predicted octanol–water partition coefficient (Wildman–Crippen LogP) is 5.10. The van der Waals surface area contributed by atoms with Crippen molar-refractivity contribution in [1.29, 1.82) is 0 Å². The monoisotopic (exact) mass is 456 g/mol. The van der Waals surface area contributed by atoms with Crippen LogP contribution in [0.1, 0.15) is 27.4 Å². The Labute approximate surface area is 198 Å². The lowest BCUT2D eigenvalue weighted by molar-refractivity contribution is 0.0923. The molecule has 5 rings (SSSR count).